The van der Waals surface area contributed by atoms with Crippen LogP contribution in [0.15, 0.2) is 53.4 Å². The fraction of sp³-hybridized carbons (Fsp3) is 0.409. The van der Waals surface area contributed by atoms with E-state index in [9.17, 15) is 17.6 Å². The largest absolute Gasteiger partial charge is 0.354 e. The smallest absolute Gasteiger partial charge is 0.237 e. The van der Waals surface area contributed by atoms with E-state index < -0.39 is 33.0 Å². The number of carbonyl (C=O) groups excluding carboxylic acids is 1. The van der Waals surface area contributed by atoms with Gasteiger partial charge in [-0.3, -0.25) is 10.1 Å². The van der Waals surface area contributed by atoms with Crippen LogP contribution in [0.1, 0.15) is 37.4 Å². The van der Waals surface area contributed by atoms with Crippen molar-refractivity contribution in [1.82, 2.24) is 10.6 Å². The molecule has 2 aromatic rings. The Labute approximate surface area is 183 Å². The van der Waals surface area contributed by atoms with E-state index in [1.54, 1.807) is 42.5 Å². The number of sulfone groups is 1. The minimum atomic E-state index is -3.78. The predicted octanol–water partition coefficient (Wildman–Crippen LogP) is 3.57. The molecule has 2 N–H and O–H groups in total. The summed E-state index contributed by atoms with van der Waals surface area (Å²) in [6.07, 6.45) is 0.0825. The SMILES string of the molecule is Cc1ccc(S(=O)(=O)C2CC(C(=O)NCC(C)C)NC2c2ccccc2F)cc1.Cl. The summed E-state index contributed by atoms with van der Waals surface area (Å²) in [6, 6.07) is 11.2. The lowest BCUT2D eigenvalue weighted by atomic mass is 10.0. The van der Waals surface area contributed by atoms with Crippen molar-refractivity contribution < 1.29 is 17.6 Å². The molecule has 1 heterocycles. The average molecular weight is 455 g/mol. The fourth-order valence-electron chi connectivity index (χ4n) is 3.60. The molecule has 2 aromatic carbocycles. The van der Waals surface area contributed by atoms with Crippen molar-refractivity contribution in [2.24, 2.45) is 5.92 Å². The molecule has 5 nitrogen and oxygen atoms in total. The number of hydrogen-bond donors (Lipinski definition) is 2. The molecule has 0 aromatic heterocycles. The van der Waals surface area contributed by atoms with Gasteiger partial charge in [0.05, 0.1) is 22.2 Å². The molecule has 8 heteroatoms. The molecule has 1 saturated heterocycles. The number of rotatable bonds is 6. The van der Waals surface area contributed by atoms with Gasteiger partial charge in [0.2, 0.25) is 5.91 Å². The molecule has 0 aliphatic carbocycles. The first-order chi connectivity index (χ1) is 13.7. The van der Waals surface area contributed by atoms with Crippen molar-refractivity contribution in [1.29, 1.82) is 0 Å². The molecule has 0 spiro atoms. The van der Waals surface area contributed by atoms with Crippen LogP contribution in [0.2, 0.25) is 0 Å². The van der Waals surface area contributed by atoms with Gasteiger partial charge in [-0.05, 0) is 37.5 Å². The van der Waals surface area contributed by atoms with Crippen LogP contribution in [0.25, 0.3) is 0 Å². The maximum absolute atomic E-state index is 14.5. The molecule has 3 atom stereocenters. The molecule has 1 aliphatic heterocycles. The molecular weight excluding hydrogens is 427 g/mol. The highest BCUT2D eigenvalue weighted by atomic mass is 35.5. The van der Waals surface area contributed by atoms with Gasteiger partial charge in [-0.25, -0.2) is 12.8 Å². The Hall–Kier alpha value is -1.96. The summed E-state index contributed by atoms with van der Waals surface area (Å²) in [5.41, 5.74) is 1.21. The second kappa shape index (κ2) is 9.90. The molecular formula is C22H28ClFN2O3S. The van der Waals surface area contributed by atoms with Crippen LogP contribution in [-0.2, 0) is 14.6 Å². The lowest BCUT2D eigenvalue weighted by Gasteiger charge is -2.21. The minimum Gasteiger partial charge on any atom is -0.354 e. The minimum absolute atomic E-state index is 0. The van der Waals surface area contributed by atoms with Crippen LogP contribution in [0, 0.1) is 18.7 Å². The number of benzene rings is 2. The number of nitrogens with one attached hydrogen (secondary N) is 2. The van der Waals surface area contributed by atoms with E-state index in [0.717, 1.165) is 5.56 Å². The normalized spacial score (nSPS) is 21.3. The van der Waals surface area contributed by atoms with E-state index >= 15 is 0 Å². The van der Waals surface area contributed by atoms with Crippen LogP contribution in [-0.4, -0.2) is 32.2 Å². The molecule has 0 saturated carbocycles. The van der Waals surface area contributed by atoms with Crippen molar-refractivity contribution in [3.63, 3.8) is 0 Å². The van der Waals surface area contributed by atoms with Gasteiger partial charge in [0, 0.05) is 12.1 Å². The van der Waals surface area contributed by atoms with Gasteiger partial charge in [0.15, 0.2) is 9.84 Å². The number of carbonyl (C=O) groups is 1. The van der Waals surface area contributed by atoms with E-state index in [2.05, 4.69) is 10.6 Å². The third-order valence-corrected chi connectivity index (χ3v) is 7.40. The van der Waals surface area contributed by atoms with Crippen LogP contribution in [0.4, 0.5) is 4.39 Å². The first kappa shape index (κ1) is 24.3. The zero-order valence-corrected chi connectivity index (χ0v) is 18.9. The number of hydrogen-bond acceptors (Lipinski definition) is 4. The molecule has 164 valence electrons. The number of aryl methyl sites for hydroxylation is 1. The lowest BCUT2D eigenvalue weighted by Crippen LogP contribution is -2.42. The summed E-state index contributed by atoms with van der Waals surface area (Å²) < 4.78 is 41.3. The van der Waals surface area contributed by atoms with Crippen LogP contribution >= 0.6 is 12.4 Å². The molecule has 3 unspecified atom stereocenters. The molecule has 0 bridgehead atoms. The number of amides is 1. The van der Waals surface area contributed by atoms with Crippen LogP contribution in [0.5, 0.6) is 0 Å². The highest BCUT2D eigenvalue weighted by Gasteiger charge is 2.46. The monoisotopic (exact) mass is 454 g/mol. The Kier molecular flexibility index (Phi) is 8.02. The summed E-state index contributed by atoms with van der Waals surface area (Å²) in [5.74, 6) is -0.478. The summed E-state index contributed by atoms with van der Waals surface area (Å²) in [7, 11) is -3.78. The molecule has 1 aliphatic rings. The topological polar surface area (TPSA) is 75.3 Å². The Morgan fingerprint density at radius 3 is 2.40 bits per heavy atom. The van der Waals surface area contributed by atoms with Crippen LogP contribution in [0.3, 0.4) is 0 Å². The Morgan fingerprint density at radius 1 is 1.17 bits per heavy atom. The van der Waals surface area contributed by atoms with E-state index in [-0.39, 0.29) is 41.1 Å². The molecule has 1 amide bonds. The maximum Gasteiger partial charge on any atom is 0.237 e. The van der Waals surface area contributed by atoms with Crippen molar-refractivity contribution in [3.8, 4) is 0 Å². The summed E-state index contributed by atoms with van der Waals surface area (Å²) in [4.78, 5) is 12.8. The van der Waals surface area contributed by atoms with Gasteiger partial charge in [-0.15, -0.1) is 12.4 Å². The third-order valence-electron chi connectivity index (χ3n) is 5.21. The first-order valence-corrected chi connectivity index (χ1v) is 11.3. The van der Waals surface area contributed by atoms with Crippen molar-refractivity contribution in [3.05, 3.63) is 65.5 Å². The van der Waals surface area contributed by atoms with Crippen molar-refractivity contribution >= 4 is 28.2 Å². The van der Waals surface area contributed by atoms with E-state index in [0.29, 0.717) is 6.54 Å². The summed E-state index contributed by atoms with van der Waals surface area (Å²) in [5, 5.41) is 4.97. The zero-order chi connectivity index (χ0) is 21.2. The second-order valence-electron chi connectivity index (χ2n) is 7.99. The van der Waals surface area contributed by atoms with Gasteiger partial charge in [-0.1, -0.05) is 49.7 Å². The molecule has 3 rings (SSSR count). The van der Waals surface area contributed by atoms with Gasteiger partial charge in [0.25, 0.3) is 0 Å². The number of halogens is 2. The van der Waals surface area contributed by atoms with Crippen LogP contribution < -0.4 is 10.6 Å². The Bertz CT molecular complexity index is 980. The summed E-state index contributed by atoms with van der Waals surface area (Å²) >= 11 is 0. The quantitative estimate of drug-likeness (QED) is 0.699. The highest BCUT2D eigenvalue weighted by Crippen LogP contribution is 2.36. The first-order valence-electron chi connectivity index (χ1n) is 9.79. The third kappa shape index (κ3) is 5.20. The second-order valence-corrected chi connectivity index (χ2v) is 10.2. The van der Waals surface area contributed by atoms with E-state index in [1.165, 1.54) is 6.07 Å². The fourth-order valence-corrected chi connectivity index (χ4v) is 5.49. The van der Waals surface area contributed by atoms with Gasteiger partial charge in [0.1, 0.15) is 5.82 Å². The van der Waals surface area contributed by atoms with Gasteiger partial charge < -0.3 is 5.32 Å². The Balaban J connectivity index is 0.00000320. The highest BCUT2D eigenvalue weighted by molar-refractivity contribution is 7.92. The molecule has 0 radical (unpaired) electrons. The van der Waals surface area contributed by atoms with E-state index in [1.807, 2.05) is 20.8 Å². The zero-order valence-electron chi connectivity index (χ0n) is 17.3. The van der Waals surface area contributed by atoms with Gasteiger partial charge in [-0.2, -0.15) is 0 Å². The standard InChI is InChI=1S/C22H27FN2O3S.ClH/c1-14(2)13-24-22(26)19-12-20(21(25-19)17-6-4-5-7-18(17)23)29(27,28)16-10-8-15(3)9-11-16;/h4-11,14,19-21,25H,12-13H2,1-3H3,(H,24,26);1H. The summed E-state index contributed by atoms with van der Waals surface area (Å²) in [6.45, 7) is 6.34. The predicted molar refractivity (Wildman–Crippen MR) is 118 cm³/mol. The van der Waals surface area contributed by atoms with Crippen molar-refractivity contribution in [2.45, 2.75) is 49.4 Å². The van der Waals surface area contributed by atoms with Gasteiger partial charge >= 0.3 is 0 Å². The molecule has 30 heavy (non-hydrogen) atoms. The molecule has 1 fully saturated rings. The van der Waals surface area contributed by atoms with Crippen molar-refractivity contribution in [2.75, 3.05) is 6.54 Å². The Morgan fingerprint density at radius 2 is 1.80 bits per heavy atom. The lowest BCUT2D eigenvalue weighted by molar-refractivity contribution is -0.123. The average Bonchev–Trinajstić information content (AvgIpc) is 3.13. The van der Waals surface area contributed by atoms with E-state index in [4.69, 9.17) is 0 Å². The maximum atomic E-state index is 14.5.